The molecule has 0 saturated carbocycles. The highest BCUT2D eigenvalue weighted by atomic mass is 19.4. The number of carbonyl (C=O) groups excluding carboxylic acids is 1. The van der Waals surface area contributed by atoms with Crippen LogP contribution < -0.4 is 20.6 Å². The molecule has 1 N–H and O–H groups in total. The Labute approximate surface area is 186 Å². The molecule has 3 rings (SSSR count). The Bertz CT molecular complexity index is 1230. The second-order valence-electron chi connectivity index (χ2n) is 6.77. The van der Waals surface area contributed by atoms with Crippen LogP contribution in [-0.4, -0.2) is 64.2 Å². The van der Waals surface area contributed by atoms with Crippen molar-refractivity contribution in [2.75, 3.05) is 31.6 Å². The van der Waals surface area contributed by atoms with Gasteiger partial charge in [-0.15, -0.1) is 11.8 Å². The Morgan fingerprint density at radius 2 is 1.85 bits per heavy atom. The molecule has 0 amide bonds. The molecule has 10 nitrogen and oxygen atoms in total. The van der Waals surface area contributed by atoms with E-state index in [0.29, 0.717) is 6.54 Å². The van der Waals surface area contributed by atoms with Gasteiger partial charge in [-0.05, 0) is 13.8 Å². The standard InChI is InChI=1S/C20H21F3N6O4/c1-4-6-9-28-14-15(27-11-8-24-12-13(27)33-17(30)20(21,22)23)25-18(32-3)26-16(14)29(19(28)31)10-7-5-2/h13,24H,8-12H2,1-3H3. The van der Waals surface area contributed by atoms with Crippen molar-refractivity contribution in [2.45, 2.75) is 39.3 Å². The van der Waals surface area contributed by atoms with Crippen LogP contribution in [0.4, 0.5) is 19.0 Å². The largest absolute Gasteiger partial charge is 0.491 e. The summed E-state index contributed by atoms with van der Waals surface area (Å²) in [5.74, 6) is 8.76. The lowest BCUT2D eigenvalue weighted by Gasteiger charge is -2.36. The number of rotatable bonds is 5. The van der Waals surface area contributed by atoms with E-state index in [-0.39, 0.29) is 49.2 Å². The molecular weight excluding hydrogens is 445 g/mol. The average Bonchev–Trinajstić information content (AvgIpc) is 3.05. The van der Waals surface area contributed by atoms with Gasteiger partial charge in [-0.25, -0.2) is 9.59 Å². The lowest BCUT2D eigenvalue weighted by Crippen LogP contribution is -2.54. The molecule has 2 aromatic rings. The maximum absolute atomic E-state index is 13.1. The summed E-state index contributed by atoms with van der Waals surface area (Å²) < 4.78 is 51.0. The minimum atomic E-state index is -5.16. The van der Waals surface area contributed by atoms with Crippen LogP contribution in [0.1, 0.15) is 13.8 Å². The van der Waals surface area contributed by atoms with Gasteiger partial charge < -0.3 is 19.7 Å². The molecule has 0 radical (unpaired) electrons. The van der Waals surface area contributed by atoms with Crippen molar-refractivity contribution >= 4 is 23.0 Å². The molecule has 0 aromatic carbocycles. The summed E-state index contributed by atoms with van der Waals surface area (Å²) in [6.07, 6.45) is -6.50. The van der Waals surface area contributed by atoms with E-state index in [4.69, 9.17) is 9.47 Å². The third kappa shape index (κ3) is 4.88. The fourth-order valence-corrected chi connectivity index (χ4v) is 3.29. The van der Waals surface area contributed by atoms with Gasteiger partial charge in [0.25, 0.3) is 0 Å². The second-order valence-corrected chi connectivity index (χ2v) is 6.77. The van der Waals surface area contributed by atoms with Gasteiger partial charge in [0.15, 0.2) is 17.7 Å². The average molecular weight is 466 g/mol. The van der Waals surface area contributed by atoms with Crippen LogP contribution in [0.15, 0.2) is 4.79 Å². The number of methoxy groups -OCH3 is 1. The second kappa shape index (κ2) is 9.83. The zero-order valence-corrected chi connectivity index (χ0v) is 18.1. The van der Waals surface area contributed by atoms with E-state index in [1.54, 1.807) is 13.8 Å². The third-order valence-electron chi connectivity index (χ3n) is 4.77. The number of aromatic nitrogens is 4. The normalized spacial score (nSPS) is 15.9. The summed E-state index contributed by atoms with van der Waals surface area (Å²) in [6.45, 7) is 3.65. The highest BCUT2D eigenvalue weighted by Crippen LogP contribution is 2.29. The zero-order chi connectivity index (χ0) is 24.2. The predicted molar refractivity (Wildman–Crippen MR) is 111 cm³/mol. The van der Waals surface area contributed by atoms with E-state index in [1.165, 1.54) is 21.1 Å². The quantitative estimate of drug-likeness (QED) is 0.502. The van der Waals surface area contributed by atoms with E-state index in [1.807, 2.05) is 0 Å². The van der Waals surface area contributed by atoms with Crippen LogP contribution in [0, 0.1) is 23.7 Å². The Balaban J connectivity index is 2.24. The molecule has 1 saturated heterocycles. The summed E-state index contributed by atoms with van der Waals surface area (Å²) in [6, 6.07) is -0.117. The number of imidazole rings is 1. The van der Waals surface area contributed by atoms with Gasteiger partial charge >= 0.3 is 23.8 Å². The van der Waals surface area contributed by atoms with Crippen LogP contribution in [0.5, 0.6) is 6.01 Å². The molecule has 0 bridgehead atoms. The van der Waals surface area contributed by atoms with Crippen molar-refractivity contribution in [3.8, 4) is 29.7 Å². The molecule has 176 valence electrons. The molecule has 1 unspecified atom stereocenters. The molecule has 2 aromatic heterocycles. The first-order valence-corrected chi connectivity index (χ1v) is 9.82. The first-order valence-electron chi connectivity index (χ1n) is 9.82. The highest BCUT2D eigenvalue weighted by molar-refractivity contribution is 5.85. The number of alkyl halides is 3. The van der Waals surface area contributed by atoms with Crippen LogP contribution in [0.3, 0.4) is 0 Å². The van der Waals surface area contributed by atoms with Gasteiger partial charge in [0.05, 0.1) is 26.7 Å². The van der Waals surface area contributed by atoms with E-state index in [0.717, 1.165) is 0 Å². The van der Waals surface area contributed by atoms with Crippen LogP contribution in [0.2, 0.25) is 0 Å². The first-order chi connectivity index (χ1) is 15.7. The number of hydrogen-bond donors (Lipinski definition) is 1. The Morgan fingerprint density at radius 1 is 1.18 bits per heavy atom. The van der Waals surface area contributed by atoms with Gasteiger partial charge in [-0.1, -0.05) is 11.8 Å². The molecule has 3 heterocycles. The van der Waals surface area contributed by atoms with Gasteiger partial charge in [0.2, 0.25) is 0 Å². The topological polar surface area (TPSA) is 104 Å². The van der Waals surface area contributed by atoms with Gasteiger partial charge in [-0.3, -0.25) is 9.13 Å². The maximum Gasteiger partial charge on any atom is 0.491 e. The van der Waals surface area contributed by atoms with E-state index >= 15 is 0 Å². The van der Waals surface area contributed by atoms with Crippen LogP contribution >= 0.6 is 0 Å². The summed E-state index contributed by atoms with van der Waals surface area (Å²) in [7, 11) is 1.32. The Morgan fingerprint density at radius 3 is 2.45 bits per heavy atom. The number of anilines is 1. The van der Waals surface area contributed by atoms with Gasteiger partial charge in [0.1, 0.15) is 5.52 Å². The van der Waals surface area contributed by atoms with Gasteiger partial charge in [-0.2, -0.15) is 23.1 Å². The SMILES string of the molecule is CC#CCn1c(=O)n(CC#CC)c2c(N3CCNCC3OC(=O)C(F)(F)F)nc(OC)nc21. The van der Waals surface area contributed by atoms with Crippen molar-refractivity contribution in [2.24, 2.45) is 0 Å². The number of nitrogens with one attached hydrogen (secondary N) is 1. The third-order valence-corrected chi connectivity index (χ3v) is 4.77. The number of piperazine rings is 1. The number of halogens is 3. The van der Waals surface area contributed by atoms with Crippen LogP contribution in [-0.2, 0) is 22.6 Å². The van der Waals surface area contributed by atoms with E-state index in [2.05, 4.69) is 39.0 Å². The number of carbonyl (C=O) groups is 1. The molecule has 13 heteroatoms. The predicted octanol–water partition coefficient (Wildman–Crippen LogP) is 0.489. The lowest BCUT2D eigenvalue weighted by atomic mass is 10.3. The van der Waals surface area contributed by atoms with Gasteiger partial charge in [0, 0.05) is 13.1 Å². The van der Waals surface area contributed by atoms with Crippen molar-refractivity contribution in [1.82, 2.24) is 24.4 Å². The minimum absolute atomic E-state index is 0.0137. The maximum atomic E-state index is 13.1. The van der Waals surface area contributed by atoms with E-state index in [9.17, 15) is 22.8 Å². The van der Waals surface area contributed by atoms with Crippen LogP contribution in [0.25, 0.3) is 11.2 Å². The number of fused-ring (bicyclic) bond motifs is 1. The molecule has 33 heavy (non-hydrogen) atoms. The monoisotopic (exact) mass is 466 g/mol. The van der Waals surface area contributed by atoms with Crippen molar-refractivity contribution in [3.05, 3.63) is 10.5 Å². The fourth-order valence-electron chi connectivity index (χ4n) is 3.29. The summed E-state index contributed by atoms with van der Waals surface area (Å²) in [4.78, 5) is 34.6. The smallest absolute Gasteiger partial charge is 0.467 e. The molecule has 1 aliphatic heterocycles. The van der Waals surface area contributed by atoms with E-state index < -0.39 is 24.1 Å². The molecule has 1 fully saturated rings. The summed E-state index contributed by atoms with van der Waals surface area (Å²) >= 11 is 0. The molecular formula is C20H21F3N6O4. The summed E-state index contributed by atoms with van der Waals surface area (Å²) in [5.41, 5.74) is -0.0865. The fraction of sp³-hybridized carbons (Fsp3) is 0.500. The minimum Gasteiger partial charge on any atom is -0.467 e. The first kappa shape index (κ1) is 23.9. The zero-order valence-electron chi connectivity index (χ0n) is 18.1. The molecule has 0 aliphatic carbocycles. The lowest BCUT2D eigenvalue weighted by molar-refractivity contribution is -0.205. The molecule has 0 spiro atoms. The number of hydrogen-bond acceptors (Lipinski definition) is 8. The summed E-state index contributed by atoms with van der Waals surface area (Å²) in [5, 5.41) is 2.89. The number of nitrogens with zero attached hydrogens (tertiary/aromatic N) is 5. The molecule has 1 aliphatic rings. The number of esters is 1. The van der Waals surface area contributed by atoms with Crippen molar-refractivity contribution in [3.63, 3.8) is 0 Å². The highest BCUT2D eigenvalue weighted by Gasteiger charge is 2.44. The van der Waals surface area contributed by atoms with Crippen molar-refractivity contribution < 1.29 is 27.4 Å². The number of ether oxygens (including phenoxy) is 2. The Kier molecular flexibility index (Phi) is 7.13. The molecule has 1 atom stereocenters. The van der Waals surface area contributed by atoms with Crippen molar-refractivity contribution in [1.29, 1.82) is 0 Å². The Hall–Kier alpha value is -3.71.